The van der Waals surface area contributed by atoms with Gasteiger partial charge >= 0.3 is 11.9 Å². The smallest absolute Gasteiger partial charge is 0.333 e. The van der Waals surface area contributed by atoms with Gasteiger partial charge in [-0.2, -0.15) is 0 Å². The maximum absolute atomic E-state index is 11.8. The van der Waals surface area contributed by atoms with E-state index in [1.54, 1.807) is 13.8 Å². The molecule has 0 aromatic carbocycles. The number of hydrogen-bond donors (Lipinski definition) is 0. The van der Waals surface area contributed by atoms with E-state index in [1.165, 1.54) is 8.42 Å². The van der Waals surface area contributed by atoms with Crippen molar-refractivity contribution in [2.45, 2.75) is 68.0 Å². The number of carbonyl (C=O) groups is 2. The van der Waals surface area contributed by atoms with Crippen LogP contribution in [-0.2, 0) is 19.1 Å². The molecule has 0 saturated carbocycles. The van der Waals surface area contributed by atoms with Crippen molar-refractivity contribution in [3.8, 4) is 0 Å². The van der Waals surface area contributed by atoms with Gasteiger partial charge in [0.1, 0.15) is 12.2 Å². The van der Waals surface area contributed by atoms with Gasteiger partial charge in [0.25, 0.3) is 0 Å². The molecule has 2 aliphatic rings. The van der Waals surface area contributed by atoms with Gasteiger partial charge in [0.15, 0.2) is 0 Å². The highest BCUT2D eigenvalue weighted by Gasteiger charge is 2.33. The van der Waals surface area contributed by atoms with Crippen molar-refractivity contribution < 1.29 is 19.1 Å². The van der Waals surface area contributed by atoms with Crippen molar-refractivity contribution in [3.63, 3.8) is 0 Å². The monoisotopic (exact) mass is 608 g/mol. The van der Waals surface area contributed by atoms with Gasteiger partial charge < -0.3 is 9.47 Å². The third-order valence-electron chi connectivity index (χ3n) is 5.16. The summed E-state index contributed by atoms with van der Waals surface area (Å²) in [6.45, 7) is 14.7. The maximum atomic E-state index is 11.8. The lowest BCUT2D eigenvalue weighted by molar-refractivity contribution is -0.144. The highest BCUT2D eigenvalue weighted by atomic mass is 32.2. The van der Waals surface area contributed by atoms with Gasteiger partial charge in [-0.3, -0.25) is 0 Å². The van der Waals surface area contributed by atoms with Gasteiger partial charge in [-0.15, -0.1) is 81.9 Å². The van der Waals surface area contributed by atoms with Crippen LogP contribution in [0.1, 0.15) is 27.7 Å². The van der Waals surface area contributed by atoms with Crippen molar-refractivity contribution in [2.24, 2.45) is 0 Å². The molecule has 35 heavy (non-hydrogen) atoms. The van der Waals surface area contributed by atoms with E-state index < -0.39 is 0 Å². The minimum absolute atomic E-state index is 0.0940. The number of thiophene rings is 1. The lowest BCUT2D eigenvalue weighted by Gasteiger charge is -2.19. The summed E-state index contributed by atoms with van der Waals surface area (Å²) in [5, 5.41) is 0.668. The van der Waals surface area contributed by atoms with Gasteiger partial charge in [0, 0.05) is 34.2 Å². The first-order valence-electron chi connectivity index (χ1n) is 11.2. The highest BCUT2D eigenvalue weighted by molar-refractivity contribution is 8.22. The lowest BCUT2D eigenvalue weighted by Crippen LogP contribution is -2.26. The summed E-state index contributed by atoms with van der Waals surface area (Å²) >= 11 is 13.5. The Morgan fingerprint density at radius 3 is 1.66 bits per heavy atom. The Balaban J connectivity index is 1.35. The molecule has 0 amide bonds. The molecule has 11 heteroatoms. The van der Waals surface area contributed by atoms with Crippen LogP contribution in [-0.4, -0.2) is 66.8 Å². The fourth-order valence-electron chi connectivity index (χ4n) is 3.07. The van der Waals surface area contributed by atoms with E-state index in [4.69, 9.17) is 9.47 Å². The normalized spacial score (nSPS) is 25.7. The average Bonchev–Trinajstić information content (AvgIpc) is 3.56. The summed E-state index contributed by atoms with van der Waals surface area (Å²) in [5.41, 5.74) is 0.907. The predicted octanol–water partition coefficient (Wildman–Crippen LogP) is 7.30. The van der Waals surface area contributed by atoms with Crippen LogP contribution in [0.15, 0.2) is 44.9 Å². The topological polar surface area (TPSA) is 52.6 Å². The number of rotatable bonds is 12. The molecular weight excluding hydrogens is 577 g/mol. The number of hydrogen-bond acceptors (Lipinski definition) is 11. The van der Waals surface area contributed by atoms with Crippen LogP contribution < -0.4 is 0 Å². The molecule has 194 valence electrons. The average molecular weight is 609 g/mol. The van der Waals surface area contributed by atoms with Gasteiger partial charge in [-0.1, -0.05) is 13.2 Å². The summed E-state index contributed by atoms with van der Waals surface area (Å²) in [4.78, 5) is 23.6. The van der Waals surface area contributed by atoms with Crippen LogP contribution in [0.2, 0.25) is 0 Å². The largest absolute Gasteiger partial charge is 0.458 e. The second-order valence-corrected chi connectivity index (χ2v) is 18.0. The highest BCUT2D eigenvalue weighted by Crippen LogP contribution is 2.46. The molecule has 0 radical (unpaired) electrons. The second kappa shape index (κ2) is 14.4. The third kappa shape index (κ3) is 9.48. The predicted molar refractivity (Wildman–Crippen MR) is 162 cm³/mol. The van der Waals surface area contributed by atoms with E-state index in [0.717, 1.165) is 23.0 Å². The molecule has 0 N–H and O–H groups in total. The number of ether oxygens (including phenoxy) is 2. The Morgan fingerprint density at radius 1 is 0.886 bits per heavy atom. The van der Waals surface area contributed by atoms with Crippen LogP contribution in [0.5, 0.6) is 0 Å². The Kier molecular flexibility index (Phi) is 12.2. The van der Waals surface area contributed by atoms with E-state index in [9.17, 15) is 9.59 Å². The van der Waals surface area contributed by atoms with Crippen LogP contribution in [0.3, 0.4) is 0 Å². The molecule has 1 aromatic rings. The molecule has 2 fully saturated rings. The SMILES string of the molecule is C=C(C)C(=O)OC(C)C1CSC(CSc2ccc(SCC3SCC(C(C)OC(=O)C(=C)C)S3)s2)S1. The summed E-state index contributed by atoms with van der Waals surface area (Å²) in [6, 6.07) is 4.46. The van der Waals surface area contributed by atoms with Crippen LogP contribution >= 0.6 is 81.9 Å². The molecule has 2 aliphatic heterocycles. The van der Waals surface area contributed by atoms with Crippen LogP contribution in [0.25, 0.3) is 0 Å². The summed E-state index contributed by atoms with van der Waals surface area (Å²) in [7, 11) is 0. The van der Waals surface area contributed by atoms with Gasteiger partial charge in [0.05, 0.1) is 28.1 Å². The van der Waals surface area contributed by atoms with Crippen molar-refractivity contribution in [1.82, 2.24) is 0 Å². The fraction of sp³-hybridized carbons (Fsp3) is 0.583. The summed E-state index contributed by atoms with van der Waals surface area (Å²) in [6.07, 6.45) is -0.188. The van der Waals surface area contributed by atoms with Gasteiger partial charge in [0.2, 0.25) is 0 Å². The standard InChI is InChI=1S/C24H32O4S7/c1-13(2)23(25)27-15(5)17-9-29-21(33-17)11-31-19-7-8-20(35-19)32-12-22-30-10-18(34-22)16(6)28-24(26)14(3)4/h7-8,15-18,21-22H,1,3,9-12H2,2,4-6H3. The quantitative estimate of drug-likeness (QED) is 0.137. The van der Waals surface area contributed by atoms with Gasteiger partial charge in [-0.05, 0) is 39.8 Å². The first kappa shape index (κ1) is 29.8. The minimum atomic E-state index is -0.296. The zero-order valence-corrected chi connectivity index (χ0v) is 26.1. The molecular formula is C24H32O4S7. The zero-order valence-electron chi connectivity index (χ0n) is 20.4. The van der Waals surface area contributed by atoms with Crippen molar-refractivity contribution >= 4 is 93.8 Å². The Morgan fingerprint density at radius 2 is 1.29 bits per heavy atom. The fourth-order valence-corrected chi connectivity index (χ4v) is 14.0. The van der Waals surface area contributed by atoms with Gasteiger partial charge in [-0.25, -0.2) is 9.59 Å². The Labute approximate surface area is 238 Å². The zero-order chi connectivity index (χ0) is 25.5. The van der Waals surface area contributed by atoms with E-state index in [2.05, 4.69) is 25.3 Å². The van der Waals surface area contributed by atoms with Crippen LogP contribution in [0.4, 0.5) is 0 Å². The maximum Gasteiger partial charge on any atom is 0.333 e. The van der Waals surface area contributed by atoms with Crippen molar-refractivity contribution in [1.29, 1.82) is 0 Å². The summed E-state index contributed by atoms with van der Waals surface area (Å²) < 4.78 is 14.8. The molecule has 1 aromatic heterocycles. The Hall–Kier alpha value is 0.220. The van der Waals surface area contributed by atoms with Crippen LogP contribution in [0, 0.1) is 0 Å². The first-order valence-corrected chi connectivity index (χ1v) is 18.0. The molecule has 0 aliphatic carbocycles. The number of thioether (sulfide) groups is 6. The minimum Gasteiger partial charge on any atom is -0.458 e. The molecule has 0 bridgehead atoms. The third-order valence-corrected chi connectivity index (χ3v) is 16.5. The molecule has 2 saturated heterocycles. The first-order chi connectivity index (χ1) is 16.6. The Bertz CT molecular complexity index is 847. The molecule has 3 rings (SSSR count). The molecule has 6 unspecified atom stereocenters. The molecule has 6 atom stereocenters. The number of esters is 2. The summed E-state index contributed by atoms with van der Waals surface area (Å²) in [5.74, 6) is 3.53. The number of carbonyl (C=O) groups excluding carboxylic acids is 2. The second-order valence-electron chi connectivity index (χ2n) is 8.35. The van der Waals surface area contributed by atoms with E-state index >= 15 is 0 Å². The van der Waals surface area contributed by atoms with Crippen molar-refractivity contribution in [3.05, 3.63) is 36.4 Å². The molecule has 0 spiro atoms. The van der Waals surface area contributed by atoms with E-state index in [1.807, 2.05) is 95.8 Å². The lowest BCUT2D eigenvalue weighted by atomic mass is 10.3. The molecule has 4 nitrogen and oxygen atoms in total. The van der Waals surface area contributed by atoms with E-state index in [-0.39, 0.29) is 24.1 Å². The van der Waals surface area contributed by atoms with E-state index in [0.29, 0.717) is 30.8 Å². The van der Waals surface area contributed by atoms with Crippen molar-refractivity contribution in [2.75, 3.05) is 23.0 Å². The molecule has 3 heterocycles.